The maximum absolute atomic E-state index is 12.1. The molecule has 0 unspecified atom stereocenters. The van der Waals surface area contributed by atoms with Gasteiger partial charge >= 0.3 is 5.82 Å². The van der Waals surface area contributed by atoms with Gasteiger partial charge in [-0.05, 0) is 43.4 Å². The number of aryl methyl sites for hydroxylation is 1. The molecule has 1 aromatic carbocycles. The molecule has 1 N–H and O–H groups in total. The van der Waals surface area contributed by atoms with Gasteiger partial charge in [0.1, 0.15) is 0 Å². The molecule has 9 nitrogen and oxygen atoms in total. The van der Waals surface area contributed by atoms with E-state index in [4.69, 9.17) is 9.47 Å². The minimum atomic E-state index is -0.561. The normalized spacial score (nSPS) is 10.4. The highest BCUT2D eigenvalue weighted by Crippen LogP contribution is 2.28. The lowest BCUT2D eigenvalue weighted by Gasteiger charge is -2.12. The summed E-state index contributed by atoms with van der Waals surface area (Å²) in [6, 6.07) is 6.75. The van der Waals surface area contributed by atoms with Gasteiger partial charge in [-0.2, -0.15) is 0 Å². The van der Waals surface area contributed by atoms with E-state index in [0.29, 0.717) is 30.4 Å². The predicted molar refractivity (Wildman–Crippen MR) is 94.2 cm³/mol. The molecule has 1 amide bonds. The lowest BCUT2D eigenvalue weighted by molar-refractivity contribution is -0.392. The predicted octanol–water partition coefficient (Wildman–Crippen LogP) is 2.21. The molecule has 9 heteroatoms. The van der Waals surface area contributed by atoms with Crippen LogP contribution in [0.1, 0.15) is 25.1 Å². The Morgan fingerprint density at radius 3 is 2.58 bits per heavy atom. The van der Waals surface area contributed by atoms with E-state index in [2.05, 4.69) is 10.4 Å². The molecule has 0 aliphatic rings. The van der Waals surface area contributed by atoms with Crippen molar-refractivity contribution in [2.45, 2.75) is 33.9 Å². The molecular weight excluding hydrogens is 340 g/mol. The van der Waals surface area contributed by atoms with Gasteiger partial charge in [0.25, 0.3) is 5.91 Å². The van der Waals surface area contributed by atoms with Crippen molar-refractivity contribution in [1.29, 1.82) is 0 Å². The summed E-state index contributed by atoms with van der Waals surface area (Å²) in [5, 5.41) is 17.7. The Balaban J connectivity index is 2.01. The number of hydrogen-bond donors (Lipinski definition) is 1. The van der Waals surface area contributed by atoms with Gasteiger partial charge in [0.05, 0.1) is 25.0 Å². The highest BCUT2D eigenvalue weighted by molar-refractivity contribution is 5.76. The number of aromatic nitrogens is 2. The molecule has 0 aliphatic carbocycles. The summed E-state index contributed by atoms with van der Waals surface area (Å²) in [4.78, 5) is 22.5. The van der Waals surface area contributed by atoms with Gasteiger partial charge in [-0.3, -0.25) is 4.79 Å². The molecule has 0 aliphatic heterocycles. The summed E-state index contributed by atoms with van der Waals surface area (Å²) >= 11 is 0. The van der Waals surface area contributed by atoms with E-state index in [1.165, 1.54) is 6.07 Å². The number of ether oxygens (including phenoxy) is 2. The van der Waals surface area contributed by atoms with Crippen LogP contribution in [0.2, 0.25) is 0 Å². The van der Waals surface area contributed by atoms with Crippen LogP contribution >= 0.6 is 0 Å². The van der Waals surface area contributed by atoms with Crippen LogP contribution in [0.3, 0.4) is 0 Å². The van der Waals surface area contributed by atoms with E-state index < -0.39 is 4.92 Å². The average molecular weight is 362 g/mol. The standard InChI is InChI=1S/C17H22N4O5/c1-4-25-14-7-6-13(9-15(14)26-5-2)10-18-16(22)11-20-17(21(23)24)8-12(3)19-20/h6-9H,4-5,10-11H2,1-3H3,(H,18,22). The van der Waals surface area contributed by atoms with Gasteiger partial charge in [-0.1, -0.05) is 11.2 Å². The highest BCUT2D eigenvalue weighted by Gasteiger charge is 2.19. The first-order valence-electron chi connectivity index (χ1n) is 8.28. The second kappa shape index (κ2) is 8.84. The second-order valence-electron chi connectivity index (χ2n) is 5.48. The third-order valence-corrected chi connectivity index (χ3v) is 3.46. The van der Waals surface area contributed by atoms with E-state index in [1.54, 1.807) is 19.1 Å². The zero-order chi connectivity index (χ0) is 19.1. The Hall–Kier alpha value is -3.10. The SMILES string of the molecule is CCOc1ccc(CNC(=O)Cn2nc(C)cc2[N+](=O)[O-])cc1OCC. The molecule has 0 atom stereocenters. The Morgan fingerprint density at radius 2 is 1.92 bits per heavy atom. The number of carbonyl (C=O) groups is 1. The van der Waals surface area contributed by atoms with Crippen molar-refractivity contribution < 1.29 is 19.2 Å². The molecule has 26 heavy (non-hydrogen) atoms. The van der Waals surface area contributed by atoms with E-state index in [0.717, 1.165) is 10.2 Å². The van der Waals surface area contributed by atoms with Crippen molar-refractivity contribution in [1.82, 2.24) is 15.1 Å². The summed E-state index contributed by atoms with van der Waals surface area (Å²) in [6.07, 6.45) is 0. The third-order valence-electron chi connectivity index (χ3n) is 3.46. The molecule has 0 spiro atoms. The van der Waals surface area contributed by atoms with Crippen LogP contribution in [-0.2, 0) is 17.9 Å². The number of carbonyl (C=O) groups excluding carboxylic acids is 1. The maximum Gasteiger partial charge on any atom is 0.345 e. The second-order valence-corrected chi connectivity index (χ2v) is 5.48. The lowest BCUT2D eigenvalue weighted by atomic mass is 10.2. The van der Waals surface area contributed by atoms with Crippen molar-refractivity contribution in [2.75, 3.05) is 13.2 Å². The Morgan fingerprint density at radius 1 is 1.23 bits per heavy atom. The Kier molecular flexibility index (Phi) is 6.54. The maximum atomic E-state index is 12.1. The molecule has 0 bridgehead atoms. The monoisotopic (exact) mass is 362 g/mol. The van der Waals surface area contributed by atoms with E-state index >= 15 is 0 Å². The molecule has 0 saturated heterocycles. The summed E-state index contributed by atoms with van der Waals surface area (Å²) in [6.45, 7) is 6.47. The Labute approximate surface area is 151 Å². The van der Waals surface area contributed by atoms with Gasteiger partial charge in [-0.15, -0.1) is 4.68 Å². The average Bonchev–Trinajstić information content (AvgIpc) is 2.96. The van der Waals surface area contributed by atoms with Crippen LogP contribution in [0.5, 0.6) is 11.5 Å². The first-order chi connectivity index (χ1) is 12.4. The molecule has 1 heterocycles. The number of nitrogens with one attached hydrogen (secondary N) is 1. The first kappa shape index (κ1) is 19.2. The summed E-state index contributed by atoms with van der Waals surface area (Å²) in [5.41, 5.74) is 1.31. The molecule has 140 valence electrons. The van der Waals surface area contributed by atoms with Gasteiger partial charge in [-0.25, -0.2) is 0 Å². The van der Waals surface area contributed by atoms with Crippen LogP contribution in [0, 0.1) is 17.0 Å². The number of amides is 1. The zero-order valence-electron chi connectivity index (χ0n) is 15.0. The fourth-order valence-electron chi connectivity index (χ4n) is 2.39. The van der Waals surface area contributed by atoms with Crippen LogP contribution in [0.4, 0.5) is 5.82 Å². The summed E-state index contributed by atoms with van der Waals surface area (Å²) < 4.78 is 12.1. The van der Waals surface area contributed by atoms with Gasteiger partial charge in [0.2, 0.25) is 0 Å². The minimum absolute atomic E-state index is 0.211. The van der Waals surface area contributed by atoms with Crippen molar-refractivity contribution in [3.8, 4) is 11.5 Å². The third kappa shape index (κ3) is 4.95. The molecule has 0 saturated carbocycles. The number of rotatable bonds is 9. The summed E-state index contributed by atoms with van der Waals surface area (Å²) in [5.74, 6) is 0.673. The van der Waals surface area contributed by atoms with Crippen molar-refractivity contribution in [3.63, 3.8) is 0 Å². The minimum Gasteiger partial charge on any atom is -0.490 e. The van der Waals surface area contributed by atoms with Crippen molar-refractivity contribution in [3.05, 3.63) is 45.6 Å². The van der Waals surface area contributed by atoms with E-state index in [1.807, 2.05) is 19.9 Å². The van der Waals surface area contributed by atoms with Gasteiger partial charge in [0, 0.05) is 6.54 Å². The lowest BCUT2D eigenvalue weighted by Crippen LogP contribution is -2.28. The summed E-state index contributed by atoms with van der Waals surface area (Å²) in [7, 11) is 0. The molecular formula is C17H22N4O5. The number of hydrogen-bond acceptors (Lipinski definition) is 6. The van der Waals surface area contributed by atoms with Crippen LogP contribution in [0.15, 0.2) is 24.3 Å². The van der Waals surface area contributed by atoms with Crippen LogP contribution < -0.4 is 14.8 Å². The number of nitro groups is 1. The largest absolute Gasteiger partial charge is 0.490 e. The number of benzene rings is 1. The molecule has 0 fully saturated rings. The molecule has 2 rings (SSSR count). The Bertz CT molecular complexity index is 787. The van der Waals surface area contributed by atoms with Crippen LogP contribution in [-0.4, -0.2) is 33.8 Å². The fraction of sp³-hybridized carbons (Fsp3) is 0.412. The molecule has 0 radical (unpaired) electrons. The molecule has 1 aromatic heterocycles. The zero-order valence-corrected chi connectivity index (χ0v) is 15.0. The smallest absolute Gasteiger partial charge is 0.345 e. The highest BCUT2D eigenvalue weighted by atomic mass is 16.6. The van der Waals surface area contributed by atoms with Crippen molar-refractivity contribution >= 4 is 11.7 Å². The van der Waals surface area contributed by atoms with Gasteiger partial charge in [0.15, 0.2) is 18.0 Å². The van der Waals surface area contributed by atoms with E-state index in [-0.39, 0.29) is 24.8 Å². The van der Waals surface area contributed by atoms with Gasteiger partial charge < -0.3 is 24.9 Å². The number of nitrogens with zero attached hydrogens (tertiary/aromatic N) is 3. The topological polar surface area (TPSA) is 109 Å². The van der Waals surface area contributed by atoms with Crippen molar-refractivity contribution in [2.24, 2.45) is 0 Å². The van der Waals surface area contributed by atoms with E-state index in [9.17, 15) is 14.9 Å². The first-order valence-corrected chi connectivity index (χ1v) is 8.28. The van der Waals surface area contributed by atoms with Crippen LogP contribution in [0.25, 0.3) is 0 Å². The quantitative estimate of drug-likeness (QED) is 0.541. The molecule has 2 aromatic rings. The fourth-order valence-corrected chi connectivity index (χ4v) is 2.39.